The topological polar surface area (TPSA) is 60.9 Å². The fraction of sp³-hybridized carbons (Fsp3) is 0.667. The molecule has 0 aromatic heterocycles. The molecule has 1 fully saturated rings. The maximum atomic E-state index is 12.0. The molecule has 1 saturated heterocycles. The zero-order chi connectivity index (χ0) is 17.5. The second-order valence-electron chi connectivity index (χ2n) is 7.52. The zero-order valence-electron chi connectivity index (χ0n) is 14.8. The molecular formula is C18H28N2O3S. The summed E-state index contributed by atoms with van der Waals surface area (Å²) in [5, 5.41) is 10.6. The second kappa shape index (κ2) is 6.65. The average Bonchev–Trinajstić information content (AvgIpc) is 2.81. The normalized spacial score (nSPS) is 26.4. The predicted octanol–water partition coefficient (Wildman–Crippen LogP) is 2.16. The Bertz CT molecular complexity index is 704. The molecule has 2 aliphatic rings. The van der Waals surface area contributed by atoms with E-state index in [2.05, 4.69) is 11.8 Å². The third kappa shape index (κ3) is 3.60. The van der Waals surface area contributed by atoms with Crippen molar-refractivity contribution >= 4 is 15.7 Å². The number of aliphatic hydroxyl groups excluding tert-OH is 1. The van der Waals surface area contributed by atoms with Crippen LogP contribution in [0.15, 0.2) is 18.2 Å². The van der Waals surface area contributed by atoms with Gasteiger partial charge in [-0.3, -0.25) is 4.31 Å². The van der Waals surface area contributed by atoms with E-state index in [0.29, 0.717) is 18.9 Å². The zero-order valence-corrected chi connectivity index (χ0v) is 15.6. The highest BCUT2D eigenvalue weighted by Gasteiger charge is 2.33. The smallest absolute Gasteiger partial charge is 0.232 e. The van der Waals surface area contributed by atoms with Crippen LogP contribution in [0.5, 0.6) is 0 Å². The molecule has 0 radical (unpaired) electrons. The number of rotatable bonds is 4. The van der Waals surface area contributed by atoms with Crippen molar-refractivity contribution in [3.63, 3.8) is 0 Å². The molecule has 5 nitrogen and oxygen atoms in total. The summed E-state index contributed by atoms with van der Waals surface area (Å²) in [4.78, 5) is 2.33. The van der Waals surface area contributed by atoms with Gasteiger partial charge >= 0.3 is 0 Å². The monoisotopic (exact) mass is 352 g/mol. The average molecular weight is 353 g/mol. The van der Waals surface area contributed by atoms with Gasteiger partial charge in [0.25, 0.3) is 0 Å². The van der Waals surface area contributed by atoms with Crippen LogP contribution in [0, 0.1) is 5.92 Å². The first-order valence-corrected chi connectivity index (χ1v) is 10.6. The van der Waals surface area contributed by atoms with E-state index in [0.717, 1.165) is 29.9 Å². The maximum Gasteiger partial charge on any atom is 0.232 e. The molecule has 3 atom stereocenters. The summed E-state index contributed by atoms with van der Waals surface area (Å²) >= 11 is 0. The van der Waals surface area contributed by atoms with Gasteiger partial charge in [0.05, 0.1) is 18.0 Å². The van der Waals surface area contributed by atoms with Crippen LogP contribution in [0.25, 0.3) is 0 Å². The third-order valence-electron chi connectivity index (χ3n) is 5.17. The number of sulfonamides is 1. The van der Waals surface area contributed by atoms with E-state index in [1.54, 1.807) is 0 Å². The van der Waals surface area contributed by atoms with E-state index < -0.39 is 16.1 Å². The molecule has 0 aliphatic carbocycles. The molecule has 1 aromatic carbocycles. The molecule has 2 heterocycles. The van der Waals surface area contributed by atoms with Gasteiger partial charge in [0.2, 0.25) is 10.0 Å². The summed E-state index contributed by atoms with van der Waals surface area (Å²) in [6, 6.07) is 5.63. The first kappa shape index (κ1) is 17.7. The highest BCUT2D eigenvalue weighted by Crippen LogP contribution is 2.36. The standard InChI is InChI=1S/C18H28N2O3S/c1-13-5-4-8-19(11-13)12-18(21)15-6-7-17-16(10-15)9-14(2)20(17)24(3,22)23/h6-7,10,13-14,18,21H,4-5,8-9,11-12H2,1-3H3. The molecule has 6 heteroatoms. The van der Waals surface area contributed by atoms with Crippen molar-refractivity contribution in [1.29, 1.82) is 0 Å². The van der Waals surface area contributed by atoms with Crippen LogP contribution >= 0.6 is 0 Å². The van der Waals surface area contributed by atoms with Crippen LogP contribution in [0.1, 0.15) is 43.9 Å². The molecule has 134 valence electrons. The number of benzene rings is 1. The van der Waals surface area contributed by atoms with Gasteiger partial charge in [0.15, 0.2) is 0 Å². The molecule has 1 aromatic rings. The van der Waals surface area contributed by atoms with E-state index in [1.807, 2.05) is 25.1 Å². The summed E-state index contributed by atoms with van der Waals surface area (Å²) in [5.41, 5.74) is 2.65. The Kier molecular flexibility index (Phi) is 4.91. The van der Waals surface area contributed by atoms with Crippen molar-refractivity contribution in [3.05, 3.63) is 29.3 Å². The summed E-state index contributed by atoms with van der Waals surface area (Å²) in [6.45, 7) is 6.92. The predicted molar refractivity (Wildman–Crippen MR) is 96.7 cm³/mol. The molecule has 24 heavy (non-hydrogen) atoms. The van der Waals surface area contributed by atoms with E-state index in [9.17, 15) is 13.5 Å². The lowest BCUT2D eigenvalue weighted by molar-refractivity contribution is 0.0875. The molecule has 3 unspecified atom stereocenters. The number of hydrogen-bond acceptors (Lipinski definition) is 4. The Morgan fingerprint density at radius 1 is 1.33 bits per heavy atom. The number of fused-ring (bicyclic) bond motifs is 1. The van der Waals surface area contributed by atoms with Crippen molar-refractivity contribution in [2.24, 2.45) is 5.92 Å². The Labute approximate surface area is 145 Å². The van der Waals surface area contributed by atoms with E-state index in [-0.39, 0.29) is 6.04 Å². The van der Waals surface area contributed by atoms with Crippen molar-refractivity contribution in [2.75, 3.05) is 30.2 Å². The number of likely N-dealkylation sites (tertiary alicyclic amines) is 1. The molecule has 3 rings (SSSR count). The summed E-state index contributed by atoms with van der Waals surface area (Å²) in [7, 11) is -3.26. The van der Waals surface area contributed by atoms with Gasteiger partial charge in [-0.15, -0.1) is 0 Å². The van der Waals surface area contributed by atoms with Crippen molar-refractivity contribution in [1.82, 2.24) is 4.90 Å². The van der Waals surface area contributed by atoms with Crippen LogP contribution in [0.4, 0.5) is 5.69 Å². The summed E-state index contributed by atoms with van der Waals surface area (Å²) in [6.07, 6.45) is 3.88. The van der Waals surface area contributed by atoms with Crippen molar-refractivity contribution in [3.8, 4) is 0 Å². The van der Waals surface area contributed by atoms with Crippen molar-refractivity contribution in [2.45, 2.75) is 45.3 Å². The minimum absolute atomic E-state index is 0.0645. The van der Waals surface area contributed by atoms with Gasteiger partial charge in [-0.2, -0.15) is 0 Å². The first-order valence-electron chi connectivity index (χ1n) is 8.78. The summed E-state index contributed by atoms with van der Waals surface area (Å²) in [5.74, 6) is 0.690. The third-order valence-corrected chi connectivity index (χ3v) is 6.44. The highest BCUT2D eigenvalue weighted by molar-refractivity contribution is 7.92. The van der Waals surface area contributed by atoms with E-state index in [1.165, 1.54) is 23.4 Å². The van der Waals surface area contributed by atoms with Crippen LogP contribution in [-0.4, -0.2) is 50.4 Å². The van der Waals surface area contributed by atoms with E-state index >= 15 is 0 Å². The number of nitrogens with zero attached hydrogens (tertiary/aromatic N) is 2. The largest absolute Gasteiger partial charge is 0.387 e. The van der Waals surface area contributed by atoms with Crippen LogP contribution < -0.4 is 4.31 Å². The SMILES string of the molecule is CC1CCCN(CC(O)c2ccc3c(c2)CC(C)N3S(C)(=O)=O)C1. The fourth-order valence-electron chi connectivity index (χ4n) is 4.14. The molecular weight excluding hydrogens is 324 g/mol. The van der Waals surface area contributed by atoms with Crippen LogP contribution in [0.2, 0.25) is 0 Å². The lowest BCUT2D eigenvalue weighted by Crippen LogP contribution is -2.37. The quantitative estimate of drug-likeness (QED) is 0.902. The molecule has 0 saturated carbocycles. The van der Waals surface area contributed by atoms with Gasteiger partial charge in [-0.05, 0) is 55.8 Å². The van der Waals surface area contributed by atoms with Gasteiger partial charge in [0, 0.05) is 19.1 Å². The minimum atomic E-state index is -3.26. The lowest BCUT2D eigenvalue weighted by atomic mass is 9.98. The van der Waals surface area contributed by atoms with Crippen molar-refractivity contribution < 1.29 is 13.5 Å². The van der Waals surface area contributed by atoms with Crippen LogP contribution in [-0.2, 0) is 16.4 Å². The number of aliphatic hydroxyl groups is 1. The fourth-order valence-corrected chi connectivity index (χ4v) is 5.40. The minimum Gasteiger partial charge on any atom is -0.387 e. The van der Waals surface area contributed by atoms with Crippen LogP contribution in [0.3, 0.4) is 0 Å². The molecule has 0 amide bonds. The maximum absolute atomic E-state index is 12.0. The Morgan fingerprint density at radius 2 is 2.08 bits per heavy atom. The van der Waals surface area contributed by atoms with Gasteiger partial charge < -0.3 is 10.0 Å². The molecule has 0 bridgehead atoms. The number of β-amino-alcohol motifs (C(OH)–C–C–N with tert-alkyl or cyclic N) is 1. The Hall–Kier alpha value is -1.11. The second-order valence-corrected chi connectivity index (χ2v) is 9.38. The van der Waals surface area contributed by atoms with E-state index in [4.69, 9.17) is 0 Å². The molecule has 1 N–H and O–H groups in total. The highest BCUT2D eigenvalue weighted by atomic mass is 32.2. The lowest BCUT2D eigenvalue weighted by Gasteiger charge is -2.32. The number of anilines is 1. The van der Waals surface area contributed by atoms with Gasteiger partial charge in [0.1, 0.15) is 0 Å². The van der Waals surface area contributed by atoms with Gasteiger partial charge in [-0.1, -0.05) is 19.1 Å². The Morgan fingerprint density at radius 3 is 2.75 bits per heavy atom. The summed E-state index contributed by atoms with van der Waals surface area (Å²) < 4.78 is 25.5. The van der Waals surface area contributed by atoms with Gasteiger partial charge in [-0.25, -0.2) is 8.42 Å². The first-order chi connectivity index (χ1) is 11.3. The molecule has 0 spiro atoms. The Balaban J connectivity index is 1.76. The number of hydrogen-bond donors (Lipinski definition) is 1. The number of piperidine rings is 1. The molecule has 2 aliphatic heterocycles.